The number of nitrogens with two attached hydrogens (primary N) is 1. The molecule has 0 unspecified atom stereocenters. The van der Waals surface area contributed by atoms with Gasteiger partial charge < -0.3 is 10.6 Å². The molecule has 0 aliphatic heterocycles. The van der Waals surface area contributed by atoms with E-state index in [9.17, 15) is 9.18 Å². The van der Waals surface area contributed by atoms with Crippen LogP contribution in [0.4, 0.5) is 10.1 Å². The van der Waals surface area contributed by atoms with E-state index in [-0.39, 0.29) is 5.91 Å². The van der Waals surface area contributed by atoms with Crippen LogP contribution in [0.1, 0.15) is 22.8 Å². The Bertz CT molecular complexity index is 628. The summed E-state index contributed by atoms with van der Waals surface area (Å²) in [6, 6.07) is 13.6. The lowest BCUT2D eigenvalue weighted by molar-refractivity contribution is 0.0986. The van der Waals surface area contributed by atoms with Gasteiger partial charge in [0.05, 0.1) is 5.69 Å². The number of para-hydroxylation sites is 1. The van der Waals surface area contributed by atoms with E-state index in [0.29, 0.717) is 30.8 Å². The molecule has 0 atom stereocenters. The lowest BCUT2D eigenvalue weighted by atomic mass is 10.0. The van der Waals surface area contributed by atoms with Gasteiger partial charge in [0.15, 0.2) is 0 Å². The van der Waals surface area contributed by atoms with Crippen molar-refractivity contribution in [1.82, 2.24) is 0 Å². The summed E-state index contributed by atoms with van der Waals surface area (Å²) in [6.45, 7) is 2.70. The van der Waals surface area contributed by atoms with Gasteiger partial charge >= 0.3 is 0 Å². The first kappa shape index (κ1) is 15.2. The molecule has 0 saturated heterocycles. The second-order valence-electron chi connectivity index (χ2n) is 4.70. The van der Waals surface area contributed by atoms with Crippen LogP contribution >= 0.6 is 0 Å². The second-order valence-corrected chi connectivity index (χ2v) is 4.70. The number of carbonyl (C=O) groups excluding carboxylic acids is 1. The third kappa shape index (κ3) is 3.28. The molecule has 2 aromatic carbocycles. The molecular weight excluding hydrogens is 267 g/mol. The van der Waals surface area contributed by atoms with E-state index in [0.717, 1.165) is 5.56 Å². The van der Waals surface area contributed by atoms with E-state index < -0.39 is 5.82 Å². The average molecular weight is 286 g/mol. The van der Waals surface area contributed by atoms with E-state index in [2.05, 4.69) is 0 Å². The Balaban J connectivity index is 2.40. The Morgan fingerprint density at radius 3 is 2.48 bits per heavy atom. The minimum Gasteiger partial charge on any atom is -0.330 e. The van der Waals surface area contributed by atoms with Gasteiger partial charge in [0.25, 0.3) is 5.91 Å². The van der Waals surface area contributed by atoms with Gasteiger partial charge in [-0.3, -0.25) is 4.79 Å². The maximum Gasteiger partial charge on any atom is 0.258 e. The van der Waals surface area contributed by atoms with Gasteiger partial charge in [0, 0.05) is 12.1 Å². The van der Waals surface area contributed by atoms with Gasteiger partial charge in [0.2, 0.25) is 0 Å². The molecule has 0 bridgehead atoms. The number of amides is 1. The van der Waals surface area contributed by atoms with Crippen LogP contribution in [0, 0.1) is 5.82 Å². The molecule has 2 rings (SSSR count). The van der Waals surface area contributed by atoms with Crippen molar-refractivity contribution in [1.29, 1.82) is 0 Å². The van der Waals surface area contributed by atoms with E-state index >= 15 is 0 Å². The highest BCUT2D eigenvalue weighted by molar-refractivity contribution is 6.07. The maximum absolute atomic E-state index is 13.9. The Labute approximate surface area is 124 Å². The summed E-state index contributed by atoms with van der Waals surface area (Å²) in [4.78, 5) is 14.2. The summed E-state index contributed by atoms with van der Waals surface area (Å²) in [5, 5.41) is 0. The summed E-state index contributed by atoms with van der Waals surface area (Å²) in [5.74, 6) is -0.601. The molecule has 2 aromatic rings. The highest BCUT2D eigenvalue weighted by Gasteiger charge is 2.20. The van der Waals surface area contributed by atoms with Gasteiger partial charge in [-0.1, -0.05) is 30.3 Å². The highest BCUT2D eigenvalue weighted by atomic mass is 19.1. The van der Waals surface area contributed by atoms with E-state index in [1.165, 1.54) is 11.0 Å². The average Bonchev–Trinajstić information content (AvgIpc) is 2.50. The van der Waals surface area contributed by atoms with Crippen LogP contribution in [0.15, 0.2) is 48.5 Å². The second kappa shape index (κ2) is 6.99. The van der Waals surface area contributed by atoms with Gasteiger partial charge in [-0.05, 0) is 43.7 Å². The van der Waals surface area contributed by atoms with Crippen molar-refractivity contribution >= 4 is 11.6 Å². The fourth-order valence-electron chi connectivity index (χ4n) is 2.34. The Kier molecular flexibility index (Phi) is 5.06. The minimum atomic E-state index is -0.399. The zero-order valence-electron chi connectivity index (χ0n) is 12.1. The first-order valence-electron chi connectivity index (χ1n) is 7.03. The standard InChI is InChI=1S/C17H19FN2O/c1-2-20(16-10-6-5-9-15(16)18)17(21)14-8-4-3-7-13(14)11-12-19/h3-10H,2,11-12,19H2,1H3. The Hall–Kier alpha value is -2.20. The number of anilines is 1. The van der Waals surface area contributed by atoms with E-state index in [4.69, 9.17) is 5.73 Å². The lowest BCUT2D eigenvalue weighted by Crippen LogP contribution is -2.32. The van der Waals surface area contributed by atoms with Crippen LogP contribution in [0.25, 0.3) is 0 Å². The van der Waals surface area contributed by atoms with Gasteiger partial charge in [0.1, 0.15) is 5.82 Å². The predicted molar refractivity (Wildman–Crippen MR) is 83.0 cm³/mol. The van der Waals surface area contributed by atoms with Crippen LogP contribution in [0.2, 0.25) is 0 Å². The number of rotatable bonds is 5. The molecule has 0 heterocycles. The molecule has 0 aliphatic carbocycles. The third-order valence-corrected chi connectivity index (χ3v) is 3.37. The zero-order valence-corrected chi connectivity index (χ0v) is 12.1. The smallest absolute Gasteiger partial charge is 0.258 e. The molecular formula is C17H19FN2O. The van der Waals surface area contributed by atoms with Gasteiger partial charge in [-0.15, -0.1) is 0 Å². The Morgan fingerprint density at radius 1 is 1.14 bits per heavy atom. The number of halogens is 1. The largest absolute Gasteiger partial charge is 0.330 e. The molecule has 110 valence electrons. The van der Waals surface area contributed by atoms with Crippen LogP contribution in [-0.2, 0) is 6.42 Å². The fourth-order valence-corrected chi connectivity index (χ4v) is 2.34. The number of hydrogen-bond acceptors (Lipinski definition) is 2. The maximum atomic E-state index is 13.9. The molecule has 0 fully saturated rings. The number of hydrogen-bond donors (Lipinski definition) is 1. The molecule has 4 heteroatoms. The van der Waals surface area contributed by atoms with Crippen LogP contribution in [0.3, 0.4) is 0 Å². The van der Waals surface area contributed by atoms with Gasteiger partial charge in [-0.2, -0.15) is 0 Å². The fraction of sp³-hybridized carbons (Fsp3) is 0.235. The first-order chi connectivity index (χ1) is 10.2. The molecule has 2 N–H and O–H groups in total. The van der Waals surface area contributed by atoms with Gasteiger partial charge in [-0.25, -0.2) is 4.39 Å². The molecule has 0 aromatic heterocycles. The summed E-state index contributed by atoms with van der Waals surface area (Å²) in [5.41, 5.74) is 7.35. The summed E-state index contributed by atoms with van der Waals surface area (Å²) in [6.07, 6.45) is 0.622. The van der Waals surface area contributed by atoms with E-state index in [1.54, 1.807) is 24.3 Å². The van der Waals surface area contributed by atoms with Crippen molar-refractivity contribution < 1.29 is 9.18 Å². The molecule has 21 heavy (non-hydrogen) atoms. The lowest BCUT2D eigenvalue weighted by Gasteiger charge is -2.23. The molecule has 0 saturated carbocycles. The molecule has 0 spiro atoms. The minimum absolute atomic E-state index is 0.202. The summed E-state index contributed by atoms with van der Waals surface area (Å²) < 4.78 is 13.9. The van der Waals surface area contributed by atoms with Crippen molar-refractivity contribution in [3.63, 3.8) is 0 Å². The van der Waals surface area contributed by atoms with Crippen molar-refractivity contribution in [2.45, 2.75) is 13.3 Å². The quantitative estimate of drug-likeness (QED) is 0.918. The first-order valence-corrected chi connectivity index (χ1v) is 7.03. The molecule has 1 amide bonds. The van der Waals surface area contributed by atoms with Crippen molar-refractivity contribution in [3.05, 3.63) is 65.5 Å². The predicted octanol–water partition coefficient (Wildman–Crippen LogP) is 2.99. The molecule has 3 nitrogen and oxygen atoms in total. The van der Waals surface area contributed by atoms with Crippen LogP contribution < -0.4 is 10.6 Å². The van der Waals surface area contributed by atoms with Crippen molar-refractivity contribution in [3.8, 4) is 0 Å². The number of nitrogens with zero attached hydrogens (tertiary/aromatic N) is 1. The van der Waals surface area contributed by atoms with Crippen molar-refractivity contribution in [2.24, 2.45) is 5.73 Å². The number of carbonyl (C=O) groups is 1. The Morgan fingerprint density at radius 2 is 1.81 bits per heavy atom. The third-order valence-electron chi connectivity index (χ3n) is 3.37. The molecule has 0 radical (unpaired) electrons. The topological polar surface area (TPSA) is 46.3 Å². The number of benzene rings is 2. The van der Waals surface area contributed by atoms with Crippen LogP contribution in [-0.4, -0.2) is 19.0 Å². The SMILES string of the molecule is CCN(C(=O)c1ccccc1CCN)c1ccccc1F. The summed E-state index contributed by atoms with van der Waals surface area (Å²) in [7, 11) is 0. The van der Waals surface area contributed by atoms with Crippen molar-refractivity contribution in [2.75, 3.05) is 18.0 Å². The normalized spacial score (nSPS) is 10.4. The van der Waals surface area contributed by atoms with Crippen LogP contribution in [0.5, 0.6) is 0 Å². The highest BCUT2D eigenvalue weighted by Crippen LogP contribution is 2.22. The molecule has 0 aliphatic rings. The zero-order chi connectivity index (χ0) is 15.2. The summed E-state index contributed by atoms with van der Waals surface area (Å²) >= 11 is 0. The van der Waals surface area contributed by atoms with E-state index in [1.807, 2.05) is 25.1 Å². The monoisotopic (exact) mass is 286 g/mol.